The Bertz CT molecular complexity index is 441. The molecule has 0 aromatic heterocycles. The van der Waals surface area contributed by atoms with Gasteiger partial charge in [-0.1, -0.05) is 24.3 Å². The van der Waals surface area contributed by atoms with Gasteiger partial charge in [-0.15, -0.1) is 0 Å². The molecule has 1 saturated carbocycles. The highest BCUT2D eigenvalue weighted by atomic mass is 16.3. The molecule has 1 aromatic rings. The van der Waals surface area contributed by atoms with E-state index in [9.17, 15) is 4.79 Å². The summed E-state index contributed by atoms with van der Waals surface area (Å²) in [6.45, 7) is 1.12. The number of carbonyl (C=O) groups excluding carboxylic acids is 1. The molecule has 110 valence electrons. The molecule has 3 heteroatoms. The van der Waals surface area contributed by atoms with Crippen molar-refractivity contribution in [1.29, 1.82) is 0 Å². The van der Waals surface area contributed by atoms with Crippen LogP contribution in [0.1, 0.15) is 43.2 Å². The predicted molar refractivity (Wildman–Crippen MR) is 80.7 cm³/mol. The normalized spacial score (nSPS) is 18.5. The third-order valence-corrected chi connectivity index (χ3v) is 4.55. The zero-order valence-electron chi connectivity index (χ0n) is 12.6. The summed E-state index contributed by atoms with van der Waals surface area (Å²) in [5.41, 5.74) is 2.40. The van der Waals surface area contributed by atoms with Crippen LogP contribution in [0.4, 0.5) is 0 Å². The van der Waals surface area contributed by atoms with Crippen molar-refractivity contribution in [2.75, 3.05) is 20.6 Å². The Kier molecular flexibility index (Phi) is 4.95. The fourth-order valence-corrected chi connectivity index (χ4v) is 3.09. The summed E-state index contributed by atoms with van der Waals surface area (Å²) in [4.78, 5) is 13.8. The molecule has 2 rings (SSSR count). The molecule has 1 N–H and O–H groups in total. The molecular weight excluding hydrogens is 250 g/mol. The molecule has 0 unspecified atom stereocenters. The average molecular weight is 275 g/mol. The van der Waals surface area contributed by atoms with E-state index in [4.69, 9.17) is 5.11 Å². The Hall–Kier alpha value is -1.19. The lowest BCUT2D eigenvalue weighted by atomic mass is 9.67. The van der Waals surface area contributed by atoms with E-state index in [-0.39, 0.29) is 12.0 Å². The molecule has 1 aromatic carbocycles. The fourth-order valence-electron chi connectivity index (χ4n) is 3.09. The first-order chi connectivity index (χ1) is 9.55. The van der Waals surface area contributed by atoms with E-state index in [1.807, 2.05) is 12.1 Å². The summed E-state index contributed by atoms with van der Waals surface area (Å²) in [6.07, 6.45) is 4.41. The van der Waals surface area contributed by atoms with Gasteiger partial charge in [0.05, 0.1) is 6.61 Å². The van der Waals surface area contributed by atoms with Crippen molar-refractivity contribution in [2.45, 2.75) is 44.1 Å². The molecule has 0 bridgehead atoms. The van der Waals surface area contributed by atoms with Crippen LogP contribution in [0.15, 0.2) is 24.3 Å². The number of ketones is 1. The van der Waals surface area contributed by atoms with Crippen molar-refractivity contribution in [3.63, 3.8) is 0 Å². The van der Waals surface area contributed by atoms with Crippen LogP contribution < -0.4 is 0 Å². The van der Waals surface area contributed by atoms with Gasteiger partial charge in [-0.25, -0.2) is 0 Å². The molecule has 3 nitrogen and oxygen atoms in total. The van der Waals surface area contributed by atoms with E-state index in [1.54, 1.807) is 0 Å². The number of Topliss-reactive ketones (excluding diaryl/α,β-unsaturated/α-hetero) is 1. The maximum Gasteiger partial charge on any atom is 0.132 e. The SMILES string of the molecule is CN(C)CCC1(c2ccc(CO)cc2)CCC(=O)CC1. The quantitative estimate of drug-likeness (QED) is 0.897. The zero-order valence-corrected chi connectivity index (χ0v) is 12.6. The van der Waals surface area contributed by atoms with Gasteiger partial charge in [0.2, 0.25) is 0 Å². The first-order valence-corrected chi connectivity index (χ1v) is 7.42. The summed E-state index contributed by atoms with van der Waals surface area (Å²) in [7, 11) is 4.19. The highest BCUT2D eigenvalue weighted by Gasteiger charge is 2.35. The highest BCUT2D eigenvalue weighted by Crippen LogP contribution is 2.41. The van der Waals surface area contributed by atoms with Crippen molar-refractivity contribution >= 4 is 5.78 Å². The third-order valence-electron chi connectivity index (χ3n) is 4.55. The van der Waals surface area contributed by atoms with Crippen molar-refractivity contribution in [3.05, 3.63) is 35.4 Å². The molecular formula is C17H25NO2. The highest BCUT2D eigenvalue weighted by molar-refractivity contribution is 5.79. The largest absolute Gasteiger partial charge is 0.392 e. The zero-order chi connectivity index (χ0) is 14.6. The van der Waals surface area contributed by atoms with Gasteiger partial charge in [0.15, 0.2) is 0 Å². The van der Waals surface area contributed by atoms with Gasteiger partial charge in [-0.05, 0) is 56.4 Å². The van der Waals surface area contributed by atoms with E-state index < -0.39 is 0 Å². The van der Waals surface area contributed by atoms with Gasteiger partial charge in [0, 0.05) is 12.8 Å². The number of benzene rings is 1. The van der Waals surface area contributed by atoms with Gasteiger partial charge in [0.1, 0.15) is 5.78 Å². The second kappa shape index (κ2) is 6.51. The number of aliphatic hydroxyl groups is 1. The van der Waals surface area contributed by atoms with Crippen LogP contribution >= 0.6 is 0 Å². The summed E-state index contributed by atoms with van der Waals surface area (Å²) < 4.78 is 0. The third kappa shape index (κ3) is 3.47. The second-order valence-electron chi connectivity index (χ2n) is 6.23. The Balaban J connectivity index is 2.22. The Morgan fingerprint density at radius 2 is 1.75 bits per heavy atom. The maximum absolute atomic E-state index is 11.6. The van der Waals surface area contributed by atoms with Crippen molar-refractivity contribution in [2.24, 2.45) is 0 Å². The molecule has 20 heavy (non-hydrogen) atoms. The second-order valence-corrected chi connectivity index (χ2v) is 6.23. The molecule has 0 radical (unpaired) electrons. The standard InChI is InChI=1S/C17H25NO2/c1-18(2)12-11-17(9-7-16(20)8-10-17)15-5-3-14(13-19)4-6-15/h3-6,19H,7-13H2,1-2H3. The molecule has 0 heterocycles. The van der Waals surface area contributed by atoms with E-state index >= 15 is 0 Å². The topological polar surface area (TPSA) is 40.5 Å². The van der Waals surface area contributed by atoms with Crippen molar-refractivity contribution in [1.82, 2.24) is 4.90 Å². The minimum absolute atomic E-state index is 0.0868. The Morgan fingerprint density at radius 3 is 2.25 bits per heavy atom. The molecule has 0 saturated heterocycles. The first kappa shape index (κ1) is 15.2. The minimum atomic E-state index is 0.0868. The average Bonchev–Trinajstić information content (AvgIpc) is 2.47. The van der Waals surface area contributed by atoms with Crippen LogP contribution in [0.3, 0.4) is 0 Å². The Labute approximate surface area is 121 Å². The van der Waals surface area contributed by atoms with E-state index in [0.29, 0.717) is 18.6 Å². The van der Waals surface area contributed by atoms with Crippen LogP contribution in [-0.2, 0) is 16.8 Å². The lowest BCUT2D eigenvalue weighted by Crippen LogP contribution is -2.35. The number of aliphatic hydroxyl groups excluding tert-OH is 1. The minimum Gasteiger partial charge on any atom is -0.392 e. The van der Waals surface area contributed by atoms with E-state index in [1.165, 1.54) is 5.56 Å². The van der Waals surface area contributed by atoms with Crippen LogP contribution in [-0.4, -0.2) is 36.4 Å². The summed E-state index contributed by atoms with van der Waals surface area (Å²) >= 11 is 0. The smallest absolute Gasteiger partial charge is 0.132 e. The molecule has 0 atom stereocenters. The first-order valence-electron chi connectivity index (χ1n) is 7.42. The number of hydrogen-bond acceptors (Lipinski definition) is 3. The van der Waals surface area contributed by atoms with Gasteiger partial charge in [0.25, 0.3) is 0 Å². The van der Waals surface area contributed by atoms with Crippen LogP contribution in [0.5, 0.6) is 0 Å². The van der Waals surface area contributed by atoms with Gasteiger partial charge in [-0.3, -0.25) is 4.79 Å². The van der Waals surface area contributed by atoms with Crippen LogP contribution in [0, 0.1) is 0 Å². The number of nitrogens with zero attached hydrogens (tertiary/aromatic N) is 1. The molecule has 0 spiro atoms. The number of carbonyl (C=O) groups is 1. The maximum atomic E-state index is 11.6. The number of rotatable bonds is 5. The fraction of sp³-hybridized carbons (Fsp3) is 0.588. The summed E-state index contributed by atoms with van der Waals surface area (Å²) in [5.74, 6) is 0.400. The lowest BCUT2D eigenvalue weighted by molar-refractivity contribution is -0.121. The van der Waals surface area contributed by atoms with E-state index in [0.717, 1.165) is 31.4 Å². The summed E-state index contributed by atoms with van der Waals surface area (Å²) in [6, 6.07) is 8.28. The van der Waals surface area contributed by atoms with Crippen LogP contribution in [0.25, 0.3) is 0 Å². The predicted octanol–water partition coefficient (Wildman–Crippen LogP) is 2.51. The molecule has 0 amide bonds. The molecule has 1 aliphatic rings. The van der Waals surface area contributed by atoms with Gasteiger partial charge in [-0.2, -0.15) is 0 Å². The summed E-state index contributed by atoms with van der Waals surface area (Å²) in [5, 5.41) is 9.16. The van der Waals surface area contributed by atoms with E-state index in [2.05, 4.69) is 31.1 Å². The Morgan fingerprint density at radius 1 is 1.15 bits per heavy atom. The monoisotopic (exact) mass is 275 g/mol. The van der Waals surface area contributed by atoms with Crippen molar-refractivity contribution < 1.29 is 9.90 Å². The van der Waals surface area contributed by atoms with Gasteiger partial charge >= 0.3 is 0 Å². The van der Waals surface area contributed by atoms with Crippen LogP contribution in [0.2, 0.25) is 0 Å². The van der Waals surface area contributed by atoms with Crippen molar-refractivity contribution in [3.8, 4) is 0 Å². The molecule has 1 fully saturated rings. The van der Waals surface area contributed by atoms with Gasteiger partial charge < -0.3 is 10.0 Å². The number of hydrogen-bond donors (Lipinski definition) is 1. The molecule has 0 aliphatic heterocycles. The lowest BCUT2D eigenvalue weighted by Gasteiger charge is -2.38. The molecule has 1 aliphatic carbocycles.